The van der Waals surface area contributed by atoms with E-state index in [0.29, 0.717) is 35.5 Å². The number of hydrogen-bond acceptors (Lipinski definition) is 4. The Bertz CT molecular complexity index is 1330. The van der Waals surface area contributed by atoms with Crippen molar-refractivity contribution in [1.82, 2.24) is 9.66 Å². The summed E-state index contributed by atoms with van der Waals surface area (Å²) >= 11 is 3.44. The quantitative estimate of drug-likeness (QED) is 0.304. The molecule has 0 atom stereocenters. The zero-order chi connectivity index (χ0) is 22.5. The van der Waals surface area contributed by atoms with Crippen molar-refractivity contribution in [3.05, 3.63) is 104 Å². The molecule has 0 unspecified atom stereocenters. The topological polar surface area (TPSA) is 56.5 Å². The van der Waals surface area contributed by atoms with Crippen molar-refractivity contribution in [2.75, 3.05) is 0 Å². The van der Waals surface area contributed by atoms with Crippen molar-refractivity contribution < 1.29 is 4.74 Å². The van der Waals surface area contributed by atoms with Crippen LogP contribution in [0.5, 0.6) is 5.75 Å². The Labute approximate surface area is 195 Å². The van der Waals surface area contributed by atoms with Crippen molar-refractivity contribution in [2.45, 2.75) is 33.3 Å². The summed E-state index contributed by atoms with van der Waals surface area (Å²) in [7, 11) is 0. The minimum Gasteiger partial charge on any atom is -0.488 e. The molecule has 4 rings (SSSR count). The standard InChI is InChI=1S/C26H24BrN3O2/c1-3-6-25-29-23-14-13-21(27)15-22(23)26(31)30(25)28-16-20-7-4-5-8-24(20)32-17-19-11-9-18(2)10-12-19/h4-5,7-16H,3,6,17H2,1-2H3. The van der Waals surface area contributed by atoms with Crippen LogP contribution in [0.25, 0.3) is 10.9 Å². The van der Waals surface area contributed by atoms with Crippen LogP contribution in [0.4, 0.5) is 0 Å². The molecule has 0 saturated heterocycles. The van der Waals surface area contributed by atoms with Crippen molar-refractivity contribution in [3.63, 3.8) is 0 Å². The highest BCUT2D eigenvalue weighted by Crippen LogP contribution is 2.19. The largest absolute Gasteiger partial charge is 0.488 e. The third-order valence-corrected chi connectivity index (χ3v) is 5.59. The second-order valence-electron chi connectivity index (χ2n) is 7.61. The van der Waals surface area contributed by atoms with Crippen molar-refractivity contribution in [1.29, 1.82) is 0 Å². The van der Waals surface area contributed by atoms with E-state index in [0.717, 1.165) is 22.0 Å². The first-order chi connectivity index (χ1) is 15.5. The van der Waals surface area contributed by atoms with Crippen molar-refractivity contribution >= 4 is 33.0 Å². The molecular formula is C26H24BrN3O2. The molecule has 6 heteroatoms. The SMILES string of the molecule is CCCc1nc2ccc(Br)cc2c(=O)n1N=Cc1ccccc1OCc1ccc(C)cc1. The van der Waals surface area contributed by atoms with E-state index in [1.807, 2.05) is 36.4 Å². The summed E-state index contributed by atoms with van der Waals surface area (Å²) in [6.07, 6.45) is 3.18. The number of aryl methyl sites for hydroxylation is 2. The van der Waals surface area contributed by atoms with E-state index in [9.17, 15) is 4.79 Å². The normalized spacial score (nSPS) is 11.3. The van der Waals surface area contributed by atoms with E-state index in [1.54, 1.807) is 12.3 Å². The molecule has 162 valence electrons. The number of nitrogens with zero attached hydrogens (tertiary/aromatic N) is 3. The van der Waals surface area contributed by atoms with Gasteiger partial charge in [0, 0.05) is 16.5 Å². The van der Waals surface area contributed by atoms with Gasteiger partial charge in [-0.25, -0.2) is 4.98 Å². The van der Waals surface area contributed by atoms with E-state index in [4.69, 9.17) is 4.74 Å². The first-order valence-corrected chi connectivity index (χ1v) is 11.4. The zero-order valence-electron chi connectivity index (χ0n) is 18.1. The monoisotopic (exact) mass is 489 g/mol. The fourth-order valence-electron chi connectivity index (χ4n) is 3.38. The van der Waals surface area contributed by atoms with Crippen LogP contribution in [-0.2, 0) is 13.0 Å². The number of fused-ring (bicyclic) bond motifs is 1. The van der Waals surface area contributed by atoms with Gasteiger partial charge in [0.25, 0.3) is 5.56 Å². The minimum absolute atomic E-state index is 0.186. The molecule has 3 aromatic carbocycles. The van der Waals surface area contributed by atoms with Crippen LogP contribution in [0.3, 0.4) is 0 Å². The number of hydrogen-bond donors (Lipinski definition) is 0. The summed E-state index contributed by atoms with van der Waals surface area (Å²) in [5.41, 5.74) is 3.59. The van der Waals surface area contributed by atoms with Gasteiger partial charge < -0.3 is 4.74 Å². The maximum absolute atomic E-state index is 13.2. The van der Waals surface area contributed by atoms with Gasteiger partial charge in [-0.2, -0.15) is 9.78 Å². The summed E-state index contributed by atoms with van der Waals surface area (Å²) < 4.78 is 8.27. The number of ether oxygens (including phenoxy) is 1. The fourth-order valence-corrected chi connectivity index (χ4v) is 3.74. The molecule has 0 aliphatic rings. The van der Waals surface area contributed by atoms with Gasteiger partial charge in [-0.15, -0.1) is 0 Å². The minimum atomic E-state index is -0.186. The first-order valence-electron chi connectivity index (χ1n) is 10.6. The number of halogens is 1. The Balaban J connectivity index is 1.67. The predicted molar refractivity (Wildman–Crippen MR) is 133 cm³/mol. The fraction of sp³-hybridized carbons (Fsp3) is 0.192. The third-order valence-electron chi connectivity index (χ3n) is 5.10. The summed E-state index contributed by atoms with van der Waals surface area (Å²) in [5.74, 6) is 1.35. The Morgan fingerprint density at radius 3 is 2.66 bits per heavy atom. The smallest absolute Gasteiger partial charge is 0.282 e. The van der Waals surface area contributed by atoms with Gasteiger partial charge in [0.05, 0.1) is 17.1 Å². The van der Waals surface area contributed by atoms with E-state index in [-0.39, 0.29) is 5.56 Å². The first kappa shape index (κ1) is 22.0. The van der Waals surface area contributed by atoms with Gasteiger partial charge in [-0.1, -0.05) is 64.8 Å². The molecule has 0 bridgehead atoms. The molecule has 0 aliphatic carbocycles. The lowest BCUT2D eigenvalue weighted by atomic mass is 10.1. The van der Waals surface area contributed by atoms with Crippen LogP contribution in [0.2, 0.25) is 0 Å². The molecule has 0 radical (unpaired) electrons. The summed E-state index contributed by atoms with van der Waals surface area (Å²) in [5, 5.41) is 5.05. The van der Waals surface area contributed by atoms with Crippen LogP contribution in [0, 0.1) is 6.92 Å². The van der Waals surface area contributed by atoms with E-state index in [1.165, 1.54) is 10.2 Å². The van der Waals surface area contributed by atoms with Gasteiger partial charge in [0.1, 0.15) is 18.2 Å². The molecule has 0 saturated carbocycles. The Hall–Kier alpha value is -3.25. The number of para-hydroxylation sites is 1. The highest BCUT2D eigenvalue weighted by Gasteiger charge is 2.11. The van der Waals surface area contributed by atoms with Gasteiger partial charge in [-0.05, 0) is 49.2 Å². The molecule has 5 nitrogen and oxygen atoms in total. The highest BCUT2D eigenvalue weighted by molar-refractivity contribution is 9.10. The Morgan fingerprint density at radius 1 is 1.09 bits per heavy atom. The van der Waals surface area contributed by atoms with E-state index < -0.39 is 0 Å². The Morgan fingerprint density at radius 2 is 1.88 bits per heavy atom. The highest BCUT2D eigenvalue weighted by atomic mass is 79.9. The molecular weight excluding hydrogens is 466 g/mol. The molecule has 1 heterocycles. The second kappa shape index (κ2) is 9.92. The lowest BCUT2D eigenvalue weighted by Gasteiger charge is -2.11. The maximum Gasteiger partial charge on any atom is 0.282 e. The lowest BCUT2D eigenvalue weighted by Crippen LogP contribution is -2.22. The third kappa shape index (κ3) is 4.97. The maximum atomic E-state index is 13.2. The molecule has 0 fully saturated rings. The van der Waals surface area contributed by atoms with Crippen LogP contribution >= 0.6 is 15.9 Å². The number of benzene rings is 3. The average Bonchev–Trinajstić information content (AvgIpc) is 2.80. The zero-order valence-corrected chi connectivity index (χ0v) is 19.7. The summed E-state index contributed by atoms with van der Waals surface area (Å²) in [6, 6.07) is 21.4. The number of rotatable bonds is 7. The molecule has 1 aromatic heterocycles. The summed E-state index contributed by atoms with van der Waals surface area (Å²) in [4.78, 5) is 17.9. The molecule has 0 N–H and O–H groups in total. The van der Waals surface area contributed by atoms with Gasteiger partial charge >= 0.3 is 0 Å². The van der Waals surface area contributed by atoms with Crippen LogP contribution in [-0.4, -0.2) is 15.9 Å². The van der Waals surface area contributed by atoms with E-state index >= 15 is 0 Å². The van der Waals surface area contributed by atoms with Crippen LogP contribution in [0.1, 0.15) is 35.9 Å². The molecule has 4 aromatic rings. The van der Waals surface area contributed by atoms with Crippen LogP contribution < -0.4 is 10.3 Å². The summed E-state index contributed by atoms with van der Waals surface area (Å²) in [6.45, 7) is 4.57. The van der Waals surface area contributed by atoms with Gasteiger partial charge in [-0.3, -0.25) is 4.79 Å². The van der Waals surface area contributed by atoms with Crippen molar-refractivity contribution in [3.8, 4) is 5.75 Å². The molecule has 0 spiro atoms. The van der Waals surface area contributed by atoms with E-state index in [2.05, 4.69) is 64.1 Å². The second-order valence-corrected chi connectivity index (χ2v) is 8.53. The van der Waals surface area contributed by atoms with Crippen LogP contribution in [0.15, 0.2) is 81.1 Å². The lowest BCUT2D eigenvalue weighted by molar-refractivity contribution is 0.306. The number of aromatic nitrogens is 2. The molecule has 0 amide bonds. The van der Waals surface area contributed by atoms with Crippen molar-refractivity contribution in [2.24, 2.45) is 5.10 Å². The predicted octanol–water partition coefficient (Wildman–Crippen LogP) is 5.88. The van der Waals surface area contributed by atoms with Gasteiger partial charge in [0.2, 0.25) is 0 Å². The van der Waals surface area contributed by atoms with Gasteiger partial charge in [0.15, 0.2) is 0 Å². The molecule has 32 heavy (non-hydrogen) atoms. The average molecular weight is 490 g/mol. The molecule has 0 aliphatic heterocycles. The Kier molecular flexibility index (Phi) is 6.81.